The van der Waals surface area contributed by atoms with Crippen LogP contribution in [0.2, 0.25) is 0 Å². The average Bonchev–Trinajstić information content (AvgIpc) is 3.13. The molecule has 2 aliphatic heterocycles. The fourth-order valence-corrected chi connectivity index (χ4v) is 3.96. The molecule has 5 rings (SSSR count). The van der Waals surface area contributed by atoms with Gasteiger partial charge in [0.25, 0.3) is 0 Å². The highest BCUT2D eigenvalue weighted by molar-refractivity contribution is 5.93. The molecule has 0 spiro atoms. The molecular weight excluding hydrogens is 342 g/mol. The molecule has 2 aromatic heterocycles. The number of fused-ring (bicyclic) bond motifs is 4. The van der Waals surface area contributed by atoms with Crippen molar-refractivity contribution in [3.05, 3.63) is 47.7 Å². The molecule has 2 aliphatic rings. The number of aromatic nitrogens is 3. The standard InChI is InChI=1S/C19H21N7O/c1-27-14-8-2-7-13-16(14)23-19(20)26-18(13)22-15(24-26)11-25-10-4-6-12-5-3-9-21-17(12)25/h2-3,5,7-9,15,20,22,24H,4,6,10-11H2,1H3. The van der Waals surface area contributed by atoms with Crippen molar-refractivity contribution >= 4 is 22.5 Å². The van der Waals surface area contributed by atoms with Gasteiger partial charge in [0.05, 0.1) is 13.7 Å². The van der Waals surface area contributed by atoms with Crippen LogP contribution in [0.3, 0.4) is 0 Å². The molecule has 3 aromatic rings. The zero-order chi connectivity index (χ0) is 18.4. The van der Waals surface area contributed by atoms with E-state index in [0.717, 1.165) is 43.0 Å². The molecule has 138 valence electrons. The Bertz CT molecular complexity index is 1080. The Kier molecular flexibility index (Phi) is 3.63. The molecule has 8 heteroatoms. The van der Waals surface area contributed by atoms with Gasteiger partial charge in [0, 0.05) is 18.1 Å². The first kappa shape index (κ1) is 15.9. The predicted octanol–water partition coefficient (Wildman–Crippen LogP) is 1.67. The van der Waals surface area contributed by atoms with Gasteiger partial charge < -0.3 is 15.0 Å². The molecule has 0 fully saturated rings. The number of ether oxygens (including phenoxy) is 1. The van der Waals surface area contributed by atoms with Crippen molar-refractivity contribution in [1.29, 1.82) is 5.41 Å². The number of rotatable bonds is 3. The maximum atomic E-state index is 8.30. The van der Waals surface area contributed by atoms with Crippen LogP contribution in [-0.2, 0) is 6.42 Å². The summed E-state index contributed by atoms with van der Waals surface area (Å²) in [5.41, 5.74) is 5.49. The molecule has 8 nitrogen and oxygen atoms in total. The van der Waals surface area contributed by atoms with Crippen molar-refractivity contribution < 1.29 is 4.74 Å². The van der Waals surface area contributed by atoms with Crippen LogP contribution in [0.1, 0.15) is 12.0 Å². The Balaban J connectivity index is 1.47. The van der Waals surface area contributed by atoms with E-state index in [-0.39, 0.29) is 11.8 Å². The number of hydrogen-bond acceptors (Lipinski definition) is 7. The van der Waals surface area contributed by atoms with E-state index in [1.807, 2.05) is 30.5 Å². The van der Waals surface area contributed by atoms with Gasteiger partial charge in [0.15, 0.2) is 0 Å². The minimum Gasteiger partial charge on any atom is -0.494 e. The molecule has 1 atom stereocenters. The molecule has 0 radical (unpaired) electrons. The molecule has 0 bridgehead atoms. The van der Waals surface area contributed by atoms with Crippen LogP contribution in [0.15, 0.2) is 36.5 Å². The van der Waals surface area contributed by atoms with E-state index in [4.69, 9.17) is 10.1 Å². The highest BCUT2D eigenvalue weighted by Gasteiger charge is 2.27. The second-order valence-electron chi connectivity index (χ2n) is 6.84. The normalized spacial score (nSPS) is 17.8. The highest BCUT2D eigenvalue weighted by Crippen LogP contribution is 2.30. The van der Waals surface area contributed by atoms with Crippen LogP contribution in [0, 0.1) is 5.41 Å². The van der Waals surface area contributed by atoms with E-state index in [1.165, 1.54) is 5.56 Å². The first-order chi connectivity index (χ1) is 13.2. The summed E-state index contributed by atoms with van der Waals surface area (Å²) in [6.07, 6.45) is 4.00. The number of nitrogens with one attached hydrogen (secondary N) is 3. The van der Waals surface area contributed by atoms with Gasteiger partial charge in [-0.15, -0.1) is 0 Å². The molecule has 0 aliphatic carbocycles. The predicted molar refractivity (Wildman–Crippen MR) is 104 cm³/mol. The summed E-state index contributed by atoms with van der Waals surface area (Å²) < 4.78 is 7.11. The van der Waals surface area contributed by atoms with E-state index in [9.17, 15) is 0 Å². The van der Waals surface area contributed by atoms with Crippen LogP contribution >= 0.6 is 0 Å². The largest absolute Gasteiger partial charge is 0.494 e. The number of hydrogen-bond donors (Lipinski definition) is 3. The number of pyridine rings is 1. The smallest absolute Gasteiger partial charge is 0.243 e. The lowest BCUT2D eigenvalue weighted by Crippen LogP contribution is -2.43. The zero-order valence-corrected chi connectivity index (χ0v) is 15.1. The zero-order valence-electron chi connectivity index (χ0n) is 15.1. The number of benzene rings is 1. The van der Waals surface area contributed by atoms with E-state index in [0.29, 0.717) is 11.3 Å². The average molecular weight is 363 g/mol. The number of methoxy groups -OCH3 is 1. The summed E-state index contributed by atoms with van der Waals surface area (Å²) >= 11 is 0. The molecule has 1 unspecified atom stereocenters. The maximum absolute atomic E-state index is 8.30. The Morgan fingerprint density at radius 3 is 3.11 bits per heavy atom. The van der Waals surface area contributed by atoms with Crippen LogP contribution in [0.25, 0.3) is 10.9 Å². The Morgan fingerprint density at radius 2 is 2.22 bits per heavy atom. The van der Waals surface area contributed by atoms with Gasteiger partial charge >= 0.3 is 0 Å². The van der Waals surface area contributed by atoms with Crippen molar-refractivity contribution in [1.82, 2.24) is 14.6 Å². The van der Waals surface area contributed by atoms with Gasteiger partial charge in [-0.3, -0.25) is 10.8 Å². The first-order valence-electron chi connectivity index (χ1n) is 9.11. The molecule has 27 heavy (non-hydrogen) atoms. The van der Waals surface area contributed by atoms with Crippen LogP contribution < -0.4 is 26.0 Å². The topological polar surface area (TPSA) is 91.1 Å². The second-order valence-corrected chi connectivity index (χ2v) is 6.84. The summed E-state index contributed by atoms with van der Waals surface area (Å²) in [7, 11) is 1.62. The summed E-state index contributed by atoms with van der Waals surface area (Å²) in [6.45, 7) is 1.72. The van der Waals surface area contributed by atoms with E-state index in [2.05, 4.69) is 31.7 Å². The summed E-state index contributed by atoms with van der Waals surface area (Å²) in [5, 5.41) is 12.7. The van der Waals surface area contributed by atoms with Gasteiger partial charge in [-0.25, -0.2) is 14.6 Å². The molecule has 0 saturated heterocycles. The lowest BCUT2D eigenvalue weighted by Gasteiger charge is -2.31. The third-order valence-electron chi connectivity index (χ3n) is 5.17. The van der Waals surface area contributed by atoms with Gasteiger partial charge in [-0.2, -0.15) is 0 Å². The summed E-state index contributed by atoms with van der Waals surface area (Å²) in [4.78, 5) is 11.3. The Morgan fingerprint density at radius 1 is 1.30 bits per heavy atom. The fourth-order valence-electron chi connectivity index (χ4n) is 3.96. The summed E-state index contributed by atoms with van der Waals surface area (Å²) in [6, 6.07) is 9.94. The number of para-hydroxylation sites is 1. The molecular formula is C19H21N7O. The molecule has 0 saturated carbocycles. The number of anilines is 2. The third-order valence-corrected chi connectivity index (χ3v) is 5.17. The molecule has 1 aromatic carbocycles. The van der Waals surface area contributed by atoms with Crippen molar-refractivity contribution in [3.63, 3.8) is 0 Å². The molecule has 0 amide bonds. The SMILES string of the molecule is COc1cccc2c3n(c(=N)nc12)NC(CN1CCCc2cccnc21)N3. The van der Waals surface area contributed by atoms with Gasteiger partial charge in [0.1, 0.15) is 29.1 Å². The van der Waals surface area contributed by atoms with Gasteiger partial charge in [-0.1, -0.05) is 12.1 Å². The minimum atomic E-state index is -0.0411. The molecule has 4 heterocycles. The Hall–Kier alpha value is -3.29. The lowest BCUT2D eigenvalue weighted by molar-refractivity contribution is 0.418. The van der Waals surface area contributed by atoms with E-state index in [1.54, 1.807) is 11.8 Å². The van der Waals surface area contributed by atoms with Crippen LogP contribution in [0.4, 0.5) is 11.6 Å². The van der Waals surface area contributed by atoms with Crippen molar-refractivity contribution in [2.45, 2.75) is 19.0 Å². The maximum Gasteiger partial charge on any atom is 0.243 e. The lowest BCUT2D eigenvalue weighted by atomic mass is 10.1. The number of aryl methyl sites for hydroxylation is 1. The van der Waals surface area contributed by atoms with Gasteiger partial charge in [0.2, 0.25) is 5.62 Å². The minimum absolute atomic E-state index is 0.0411. The van der Waals surface area contributed by atoms with Crippen molar-refractivity contribution in [3.8, 4) is 5.75 Å². The number of nitrogens with zero attached hydrogens (tertiary/aromatic N) is 4. The van der Waals surface area contributed by atoms with Crippen LogP contribution in [0.5, 0.6) is 5.75 Å². The van der Waals surface area contributed by atoms with Crippen molar-refractivity contribution in [2.75, 3.05) is 35.8 Å². The second kappa shape index (κ2) is 6.15. The van der Waals surface area contributed by atoms with Crippen molar-refractivity contribution in [2.24, 2.45) is 0 Å². The third kappa shape index (κ3) is 2.56. The van der Waals surface area contributed by atoms with Gasteiger partial charge in [-0.05, 0) is 36.6 Å². The fraction of sp³-hybridized carbons (Fsp3) is 0.316. The molecule has 3 N–H and O–H groups in total. The van der Waals surface area contributed by atoms with E-state index < -0.39 is 0 Å². The van der Waals surface area contributed by atoms with E-state index >= 15 is 0 Å². The monoisotopic (exact) mass is 363 g/mol. The highest BCUT2D eigenvalue weighted by atomic mass is 16.5. The van der Waals surface area contributed by atoms with Crippen LogP contribution in [-0.4, -0.2) is 41.0 Å². The summed E-state index contributed by atoms with van der Waals surface area (Å²) in [5.74, 6) is 2.57. The quantitative estimate of drug-likeness (QED) is 0.656. The Labute approximate surface area is 156 Å². The first-order valence-corrected chi connectivity index (χ1v) is 9.11.